The summed E-state index contributed by atoms with van der Waals surface area (Å²) in [5, 5.41) is 3.33. The average Bonchev–Trinajstić information content (AvgIpc) is 2.54. The van der Waals surface area contributed by atoms with Crippen LogP contribution in [0.5, 0.6) is 0 Å². The molecule has 2 aliphatic heterocycles. The van der Waals surface area contributed by atoms with Gasteiger partial charge in [0.05, 0.1) is 12.2 Å². The second-order valence-corrected chi connectivity index (χ2v) is 6.86. The minimum absolute atomic E-state index is 0. The molecule has 0 bridgehead atoms. The number of nitrogens with one attached hydrogen (secondary N) is 1. The molecule has 1 amide bonds. The van der Waals surface area contributed by atoms with Crippen molar-refractivity contribution < 1.29 is 4.79 Å². The lowest BCUT2D eigenvalue weighted by Gasteiger charge is -2.35. The molecule has 1 atom stereocenters. The van der Waals surface area contributed by atoms with E-state index < -0.39 is 0 Å². The van der Waals surface area contributed by atoms with Crippen molar-refractivity contribution in [3.63, 3.8) is 0 Å². The summed E-state index contributed by atoms with van der Waals surface area (Å²) >= 11 is 1.84. The van der Waals surface area contributed by atoms with Crippen molar-refractivity contribution >= 4 is 35.8 Å². The number of anilines is 1. The van der Waals surface area contributed by atoms with Crippen LogP contribution in [0.3, 0.4) is 0 Å². The zero-order chi connectivity index (χ0) is 14.7. The normalized spacial score (nSPS) is 21.9. The Balaban J connectivity index is 0.00000176. The van der Waals surface area contributed by atoms with E-state index in [1.165, 1.54) is 17.7 Å². The first kappa shape index (κ1) is 17.6. The fourth-order valence-corrected chi connectivity index (χ4v) is 4.13. The average molecular weight is 342 g/mol. The maximum atomic E-state index is 12.7. The van der Waals surface area contributed by atoms with E-state index in [1.807, 2.05) is 35.8 Å². The molecule has 0 spiro atoms. The lowest BCUT2D eigenvalue weighted by atomic mass is 10.1. The molecule has 0 aliphatic carbocycles. The van der Waals surface area contributed by atoms with Gasteiger partial charge in [-0.15, -0.1) is 24.2 Å². The molecular weight excluding hydrogens is 318 g/mol. The number of halogens is 1. The summed E-state index contributed by atoms with van der Waals surface area (Å²) in [7, 11) is 2.01. The number of carbonyl (C=O) groups is 1. The zero-order valence-electron chi connectivity index (χ0n) is 13.0. The van der Waals surface area contributed by atoms with Crippen LogP contribution < -0.4 is 10.2 Å². The fraction of sp³-hybridized carbons (Fsp3) is 0.562. The summed E-state index contributed by atoms with van der Waals surface area (Å²) in [6.45, 7) is 3.38. The lowest BCUT2D eigenvalue weighted by Crippen LogP contribution is -2.49. The standard InChI is InChI=1S/C16H23N3OS.ClH/c1-17-13-5-4-8-18(11-13)12-16(20)19-9-10-21-15-7-3-2-6-14(15)19;/h2-3,6-7,13,17H,4-5,8-12H2,1H3;1H. The number of carbonyl (C=O) groups excluding carboxylic acids is 1. The smallest absolute Gasteiger partial charge is 0.241 e. The Morgan fingerprint density at radius 1 is 1.36 bits per heavy atom. The summed E-state index contributed by atoms with van der Waals surface area (Å²) in [5.74, 6) is 1.22. The SMILES string of the molecule is CNC1CCCN(CC(=O)N2CCSc3ccccc32)C1.Cl. The Morgan fingerprint density at radius 2 is 2.18 bits per heavy atom. The molecule has 1 aromatic carbocycles. The van der Waals surface area contributed by atoms with E-state index in [-0.39, 0.29) is 18.3 Å². The molecule has 6 heteroatoms. The number of rotatable bonds is 3. The summed E-state index contributed by atoms with van der Waals surface area (Å²) < 4.78 is 0. The van der Waals surface area contributed by atoms with Crippen LogP contribution in [-0.4, -0.2) is 55.8 Å². The van der Waals surface area contributed by atoms with Crippen LogP contribution >= 0.6 is 24.2 Å². The van der Waals surface area contributed by atoms with Crippen LogP contribution in [0.2, 0.25) is 0 Å². The number of likely N-dealkylation sites (tertiary alicyclic amines) is 1. The number of piperidine rings is 1. The molecular formula is C16H24ClN3OS. The number of hydrogen-bond donors (Lipinski definition) is 1. The molecule has 22 heavy (non-hydrogen) atoms. The van der Waals surface area contributed by atoms with Crippen LogP contribution in [0.1, 0.15) is 12.8 Å². The monoisotopic (exact) mass is 341 g/mol. The first-order valence-corrected chi connectivity index (χ1v) is 8.68. The van der Waals surface area contributed by atoms with Gasteiger partial charge in [0.15, 0.2) is 0 Å². The molecule has 1 unspecified atom stereocenters. The van der Waals surface area contributed by atoms with Crippen molar-refractivity contribution in [3.05, 3.63) is 24.3 Å². The first-order valence-electron chi connectivity index (χ1n) is 7.70. The number of amides is 1. The minimum Gasteiger partial charge on any atom is -0.316 e. The number of fused-ring (bicyclic) bond motifs is 1. The molecule has 1 saturated heterocycles. The molecule has 122 valence electrons. The van der Waals surface area contributed by atoms with E-state index in [0.29, 0.717) is 12.6 Å². The van der Waals surface area contributed by atoms with E-state index in [9.17, 15) is 4.79 Å². The molecule has 1 N–H and O–H groups in total. The number of benzene rings is 1. The van der Waals surface area contributed by atoms with Gasteiger partial charge in [0.25, 0.3) is 0 Å². The molecule has 4 nitrogen and oxygen atoms in total. The van der Waals surface area contributed by atoms with Crippen molar-refractivity contribution in [3.8, 4) is 0 Å². The van der Waals surface area contributed by atoms with Crippen molar-refractivity contribution in [2.45, 2.75) is 23.8 Å². The maximum Gasteiger partial charge on any atom is 0.241 e. The summed E-state index contributed by atoms with van der Waals surface area (Å²) in [4.78, 5) is 18.2. The number of likely N-dealkylation sites (N-methyl/N-ethyl adjacent to an activating group) is 1. The molecule has 0 saturated carbocycles. The van der Waals surface area contributed by atoms with Gasteiger partial charge in [0.1, 0.15) is 0 Å². The Kier molecular flexibility index (Phi) is 6.56. The van der Waals surface area contributed by atoms with Gasteiger partial charge >= 0.3 is 0 Å². The van der Waals surface area contributed by atoms with Gasteiger partial charge in [-0.05, 0) is 38.6 Å². The second kappa shape index (κ2) is 8.20. The third-order valence-corrected chi connectivity index (χ3v) is 5.35. The number of para-hydroxylation sites is 1. The van der Waals surface area contributed by atoms with Gasteiger partial charge < -0.3 is 10.2 Å². The van der Waals surface area contributed by atoms with Gasteiger partial charge in [-0.25, -0.2) is 0 Å². The molecule has 2 heterocycles. The van der Waals surface area contributed by atoms with E-state index >= 15 is 0 Å². The highest BCUT2D eigenvalue weighted by molar-refractivity contribution is 7.99. The molecule has 0 radical (unpaired) electrons. The molecule has 1 fully saturated rings. The van der Waals surface area contributed by atoms with Gasteiger partial charge in [-0.3, -0.25) is 9.69 Å². The molecule has 0 aromatic heterocycles. The van der Waals surface area contributed by atoms with Crippen LogP contribution in [0.15, 0.2) is 29.2 Å². The Morgan fingerprint density at radius 3 is 3.00 bits per heavy atom. The number of hydrogen-bond acceptors (Lipinski definition) is 4. The van der Waals surface area contributed by atoms with Crippen LogP contribution in [0.4, 0.5) is 5.69 Å². The molecule has 3 rings (SSSR count). The first-order chi connectivity index (χ1) is 10.3. The van der Waals surface area contributed by atoms with E-state index in [1.54, 1.807) is 0 Å². The largest absolute Gasteiger partial charge is 0.316 e. The van der Waals surface area contributed by atoms with Gasteiger partial charge in [0.2, 0.25) is 5.91 Å². The van der Waals surface area contributed by atoms with Gasteiger partial charge in [-0.1, -0.05) is 12.1 Å². The predicted octanol–water partition coefficient (Wildman–Crippen LogP) is 2.23. The molecule has 2 aliphatic rings. The highest BCUT2D eigenvalue weighted by Crippen LogP contribution is 2.34. The fourth-order valence-electron chi connectivity index (χ4n) is 3.14. The highest BCUT2D eigenvalue weighted by Gasteiger charge is 2.26. The third-order valence-electron chi connectivity index (χ3n) is 4.30. The number of nitrogens with zero attached hydrogens (tertiary/aromatic N) is 2. The molecule has 1 aromatic rings. The van der Waals surface area contributed by atoms with Crippen molar-refractivity contribution in [2.75, 3.05) is 43.9 Å². The van der Waals surface area contributed by atoms with E-state index in [4.69, 9.17) is 0 Å². The van der Waals surface area contributed by atoms with Crippen molar-refractivity contribution in [1.29, 1.82) is 0 Å². The maximum absolute atomic E-state index is 12.7. The van der Waals surface area contributed by atoms with Crippen molar-refractivity contribution in [2.24, 2.45) is 0 Å². The second-order valence-electron chi connectivity index (χ2n) is 5.72. The van der Waals surface area contributed by atoms with E-state index in [2.05, 4.69) is 22.3 Å². The third kappa shape index (κ3) is 3.96. The van der Waals surface area contributed by atoms with E-state index in [0.717, 1.165) is 31.1 Å². The number of thioether (sulfide) groups is 1. The minimum atomic E-state index is 0. The van der Waals surface area contributed by atoms with Crippen LogP contribution in [0.25, 0.3) is 0 Å². The van der Waals surface area contributed by atoms with Gasteiger partial charge in [0, 0.05) is 29.8 Å². The quantitative estimate of drug-likeness (QED) is 0.914. The van der Waals surface area contributed by atoms with Crippen molar-refractivity contribution in [1.82, 2.24) is 10.2 Å². The van der Waals surface area contributed by atoms with Crippen LogP contribution in [-0.2, 0) is 4.79 Å². The zero-order valence-corrected chi connectivity index (χ0v) is 14.6. The predicted molar refractivity (Wildman–Crippen MR) is 95.3 cm³/mol. The summed E-state index contributed by atoms with van der Waals surface area (Å²) in [6.07, 6.45) is 2.38. The topological polar surface area (TPSA) is 35.6 Å². The van der Waals surface area contributed by atoms with Crippen LogP contribution in [0, 0.1) is 0 Å². The Labute approximate surface area is 143 Å². The lowest BCUT2D eigenvalue weighted by molar-refractivity contribution is -0.120. The van der Waals surface area contributed by atoms with Gasteiger partial charge in [-0.2, -0.15) is 0 Å². The Hall–Kier alpha value is -0.750. The Bertz CT molecular complexity index is 514. The highest BCUT2D eigenvalue weighted by atomic mass is 35.5. The summed E-state index contributed by atoms with van der Waals surface area (Å²) in [5.41, 5.74) is 1.08. The summed E-state index contributed by atoms with van der Waals surface area (Å²) in [6, 6.07) is 8.75.